The lowest BCUT2D eigenvalue weighted by atomic mass is 10.0. The van der Waals surface area contributed by atoms with Crippen LogP contribution in [0.5, 0.6) is 0 Å². The predicted octanol–water partition coefficient (Wildman–Crippen LogP) is 4.54. The fourth-order valence-electron chi connectivity index (χ4n) is 2.84. The lowest BCUT2D eigenvalue weighted by Gasteiger charge is -2.25. The molecule has 1 N–H and O–H groups in total. The predicted molar refractivity (Wildman–Crippen MR) is 88.2 cm³/mol. The largest absolute Gasteiger partial charge is 0.451 e. The maximum absolute atomic E-state index is 13.5. The molecular formula is C18H14FNO2S. The topological polar surface area (TPSA) is 42.2 Å². The Morgan fingerprint density at radius 2 is 2.09 bits per heavy atom. The van der Waals surface area contributed by atoms with Gasteiger partial charge in [0, 0.05) is 16.0 Å². The second-order valence-electron chi connectivity index (χ2n) is 5.49. The summed E-state index contributed by atoms with van der Waals surface area (Å²) in [5.41, 5.74) is 1.52. The molecule has 2 aromatic carbocycles. The maximum atomic E-state index is 13.5. The minimum absolute atomic E-state index is 0.192. The molecule has 1 aliphatic rings. The van der Waals surface area contributed by atoms with Gasteiger partial charge < -0.3 is 9.73 Å². The molecule has 0 aliphatic carbocycles. The maximum Gasteiger partial charge on any atom is 0.287 e. The molecular weight excluding hydrogens is 313 g/mol. The molecule has 1 atom stereocenters. The van der Waals surface area contributed by atoms with E-state index in [-0.39, 0.29) is 23.5 Å². The van der Waals surface area contributed by atoms with Gasteiger partial charge >= 0.3 is 0 Å². The summed E-state index contributed by atoms with van der Waals surface area (Å²) in [4.78, 5) is 13.5. The van der Waals surface area contributed by atoms with Crippen LogP contribution >= 0.6 is 11.8 Å². The lowest BCUT2D eigenvalue weighted by Crippen LogP contribution is -2.30. The molecule has 5 heteroatoms. The molecule has 0 saturated carbocycles. The molecule has 0 fully saturated rings. The SMILES string of the molecule is O=C(N[C@@H]1CCSc2ccc(F)cc21)c1cc2ccccc2o1. The van der Waals surface area contributed by atoms with Crippen LogP contribution in [0.15, 0.2) is 57.8 Å². The number of thioether (sulfide) groups is 1. The third-order valence-electron chi connectivity index (χ3n) is 3.97. The van der Waals surface area contributed by atoms with Crippen molar-refractivity contribution in [2.45, 2.75) is 17.4 Å². The Hall–Kier alpha value is -2.27. The quantitative estimate of drug-likeness (QED) is 0.751. The number of halogens is 1. The van der Waals surface area contributed by atoms with E-state index in [0.29, 0.717) is 5.58 Å². The smallest absolute Gasteiger partial charge is 0.287 e. The second kappa shape index (κ2) is 5.74. The Balaban J connectivity index is 1.61. The molecule has 1 aliphatic heterocycles. The number of hydrogen-bond acceptors (Lipinski definition) is 3. The number of rotatable bonds is 2. The van der Waals surface area contributed by atoms with Crippen LogP contribution in [0, 0.1) is 5.82 Å². The van der Waals surface area contributed by atoms with Crippen LogP contribution in [0.2, 0.25) is 0 Å². The molecule has 23 heavy (non-hydrogen) atoms. The average molecular weight is 327 g/mol. The van der Waals surface area contributed by atoms with Gasteiger partial charge in [0.05, 0.1) is 6.04 Å². The van der Waals surface area contributed by atoms with Gasteiger partial charge in [-0.3, -0.25) is 4.79 Å². The summed E-state index contributed by atoms with van der Waals surface area (Å²) in [5.74, 6) is 0.619. The number of furan rings is 1. The Kier molecular flexibility index (Phi) is 3.58. The molecule has 4 rings (SSSR count). The summed E-state index contributed by atoms with van der Waals surface area (Å²) in [6.07, 6.45) is 0.771. The van der Waals surface area contributed by atoms with Crippen LogP contribution in [0.4, 0.5) is 4.39 Å². The van der Waals surface area contributed by atoms with E-state index in [2.05, 4.69) is 5.32 Å². The highest BCUT2D eigenvalue weighted by Crippen LogP contribution is 2.36. The van der Waals surface area contributed by atoms with Crippen LogP contribution in [0.1, 0.15) is 28.6 Å². The summed E-state index contributed by atoms with van der Waals surface area (Å²) >= 11 is 1.69. The molecule has 2 heterocycles. The summed E-state index contributed by atoms with van der Waals surface area (Å²) in [7, 11) is 0. The number of carbonyl (C=O) groups excluding carboxylic acids is 1. The Bertz CT molecular complexity index is 857. The minimum Gasteiger partial charge on any atom is -0.451 e. The van der Waals surface area contributed by atoms with Crippen LogP contribution in [0.25, 0.3) is 11.0 Å². The minimum atomic E-state index is -0.283. The van der Waals surface area contributed by atoms with Crippen molar-refractivity contribution in [1.82, 2.24) is 5.32 Å². The standard InChI is InChI=1S/C18H14FNO2S/c19-12-5-6-17-13(10-12)14(7-8-23-17)20-18(21)16-9-11-3-1-2-4-15(11)22-16/h1-6,9-10,14H,7-8H2,(H,20,21)/t14-/m1/s1. The first-order valence-corrected chi connectivity index (χ1v) is 8.41. The first-order chi connectivity index (χ1) is 11.2. The Labute approximate surface area is 136 Å². The van der Waals surface area contributed by atoms with Crippen LogP contribution in [0.3, 0.4) is 0 Å². The van der Waals surface area contributed by atoms with Crippen molar-refractivity contribution in [2.24, 2.45) is 0 Å². The van der Waals surface area contributed by atoms with Gasteiger partial charge in [0.2, 0.25) is 0 Å². The fourth-order valence-corrected chi connectivity index (χ4v) is 3.94. The van der Waals surface area contributed by atoms with Crippen molar-refractivity contribution >= 4 is 28.6 Å². The molecule has 0 saturated heterocycles. The van der Waals surface area contributed by atoms with E-state index >= 15 is 0 Å². The molecule has 3 aromatic rings. The number of fused-ring (bicyclic) bond motifs is 2. The fraction of sp³-hybridized carbons (Fsp3) is 0.167. The third kappa shape index (κ3) is 2.72. The van der Waals surface area contributed by atoms with E-state index in [1.165, 1.54) is 12.1 Å². The van der Waals surface area contributed by atoms with Gasteiger partial charge in [0.25, 0.3) is 5.91 Å². The lowest BCUT2D eigenvalue weighted by molar-refractivity contribution is 0.0909. The van der Waals surface area contributed by atoms with Crippen molar-refractivity contribution in [1.29, 1.82) is 0 Å². The summed E-state index contributed by atoms with van der Waals surface area (Å²) < 4.78 is 19.1. The Morgan fingerprint density at radius 3 is 2.96 bits per heavy atom. The summed E-state index contributed by atoms with van der Waals surface area (Å²) in [5, 5.41) is 3.86. The van der Waals surface area contributed by atoms with Gasteiger partial charge in [0.1, 0.15) is 11.4 Å². The summed E-state index contributed by atoms with van der Waals surface area (Å²) in [6, 6.07) is 13.8. The van der Waals surface area contributed by atoms with Gasteiger partial charge in [-0.15, -0.1) is 11.8 Å². The van der Waals surface area contributed by atoms with E-state index in [0.717, 1.165) is 28.0 Å². The number of nitrogens with one attached hydrogen (secondary N) is 1. The molecule has 0 spiro atoms. The first kappa shape index (κ1) is 14.3. The number of hydrogen-bond donors (Lipinski definition) is 1. The highest BCUT2D eigenvalue weighted by atomic mass is 32.2. The molecule has 0 bridgehead atoms. The number of para-hydroxylation sites is 1. The molecule has 116 valence electrons. The van der Waals surface area contributed by atoms with Crippen molar-refractivity contribution in [3.05, 3.63) is 65.7 Å². The number of carbonyl (C=O) groups is 1. The highest BCUT2D eigenvalue weighted by molar-refractivity contribution is 7.99. The zero-order valence-corrected chi connectivity index (χ0v) is 13.0. The van der Waals surface area contributed by atoms with Crippen LogP contribution < -0.4 is 5.32 Å². The van der Waals surface area contributed by atoms with Gasteiger partial charge in [-0.05, 0) is 42.3 Å². The normalized spacial score (nSPS) is 17.0. The van der Waals surface area contributed by atoms with E-state index in [4.69, 9.17) is 4.42 Å². The van der Waals surface area contributed by atoms with Crippen molar-refractivity contribution < 1.29 is 13.6 Å². The highest BCUT2D eigenvalue weighted by Gasteiger charge is 2.24. The molecule has 0 unspecified atom stereocenters. The van der Waals surface area contributed by atoms with E-state index in [9.17, 15) is 9.18 Å². The zero-order chi connectivity index (χ0) is 15.8. The van der Waals surface area contributed by atoms with Gasteiger partial charge in [0.15, 0.2) is 5.76 Å². The average Bonchev–Trinajstić information content (AvgIpc) is 2.99. The molecule has 3 nitrogen and oxygen atoms in total. The van der Waals surface area contributed by atoms with Crippen LogP contribution in [-0.4, -0.2) is 11.7 Å². The number of amides is 1. The van der Waals surface area contributed by atoms with E-state index < -0.39 is 0 Å². The van der Waals surface area contributed by atoms with E-state index in [1.807, 2.05) is 24.3 Å². The molecule has 1 amide bonds. The van der Waals surface area contributed by atoms with Crippen molar-refractivity contribution in [3.63, 3.8) is 0 Å². The van der Waals surface area contributed by atoms with Gasteiger partial charge in [-0.1, -0.05) is 18.2 Å². The second-order valence-corrected chi connectivity index (χ2v) is 6.63. The monoisotopic (exact) mass is 327 g/mol. The van der Waals surface area contributed by atoms with Crippen molar-refractivity contribution in [3.8, 4) is 0 Å². The van der Waals surface area contributed by atoms with Crippen molar-refractivity contribution in [2.75, 3.05) is 5.75 Å². The van der Waals surface area contributed by atoms with Gasteiger partial charge in [-0.2, -0.15) is 0 Å². The first-order valence-electron chi connectivity index (χ1n) is 7.42. The van der Waals surface area contributed by atoms with Crippen LogP contribution in [-0.2, 0) is 0 Å². The van der Waals surface area contributed by atoms with E-state index in [1.54, 1.807) is 23.9 Å². The van der Waals surface area contributed by atoms with Gasteiger partial charge in [-0.25, -0.2) is 4.39 Å². The molecule has 0 radical (unpaired) electrons. The summed E-state index contributed by atoms with van der Waals surface area (Å²) in [6.45, 7) is 0. The number of benzene rings is 2. The third-order valence-corrected chi connectivity index (χ3v) is 5.09. The zero-order valence-electron chi connectivity index (χ0n) is 12.2. The Morgan fingerprint density at radius 1 is 1.22 bits per heavy atom. The molecule has 1 aromatic heterocycles.